The van der Waals surface area contributed by atoms with E-state index in [1.807, 2.05) is 63.2 Å². The lowest BCUT2D eigenvalue weighted by molar-refractivity contribution is 0.581. The fourth-order valence-corrected chi connectivity index (χ4v) is 4.55. The molecule has 1 heterocycles. The van der Waals surface area contributed by atoms with Gasteiger partial charge in [0, 0.05) is 11.3 Å². The van der Waals surface area contributed by atoms with E-state index in [-0.39, 0.29) is 21.7 Å². The van der Waals surface area contributed by atoms with Gasteiger partial charge in [0.25, 0.3) is 0 Å². The highest BCUT2D eigenvalue weighted by Crippen LogP contribution is 2.34. The first-order valence-corrected chi connectivity index (χ1v) is 11.1. The molecule has 4 aromatic rings. The van der Waals surface area contributed by atoms with E-state index in [0.717, 1.165) is 28.8 Å². The molecule has 5 nitrogen and oxygen atoms in total. The summed E-state index contributed by atoms with van der Waals surface area (Å²) in [6, 6.07) is 17.8. The van der Waals surface area contributed by atoms with Gasteiger partial charge in [-0.3, -0.25) is 0 Å². The van der Waals surface area contributed by atoms with Crippen molar-refractivity contribution in [3.8, 4) is 11.5 Å². The first kappa shape index (κ1) is 20.8. The van der Waals surface area contributed by atoms with Gasteiger partial charge in [0.05, 0.1) is 4.90 Å². The number of oxazole rings is 1. The number of nitrogens with one attached hydrogen (secondary N) is 1. The summed E-state index contributed by atoms with van der Waals surface area (Å²) in [4.78, 5) is 4.24. The molecule has 1 N–H and O–H groups in total. The van der Waals surface area contributed by atoms with Crippen molar-refractivity contribution in [1.29, 1.82) is 0 Å². The molecule has 0 spiro atoms. The smallest absolute Gasteiger partial charge is 0.238 e. The van der Waals surface area contributed by atoms with E-state index >= 15 is 0 Å². The Bertz CT molecular complexity index is 1320. The number of halogens is 1. The van der Waals surface area contributed by atoms with Crippen molar-refractivity contribution in [1.82, 2.24) is 4.98 Å². The monoisotopic (exact) mass is 436 g/mol. The number of anilines is 2. The van der Waals surface area contributed by atoms with Gasteiger partial charge < -0.3 is 9.73 Å². The average Bonchev–Trinajstić information content (AvgIpc) is 3.12. The number of hydrogen-bond donors (Lipinski definition) is 1. The summed E-state index contributed by atoms with van der Waals surface area (Å²) in [5.74, 6) is -0.342. The van der Waals surface area contributed by atoms with Crippen LogP contribution in [-0.4, -0.2) is 13.4 Å². The molecule has 4 rings (SSSR count). The second-order valence-electron chi connectivity index (χ2n) is 7.48. The molecule has 0 aliphatic carbocycles. The molecule has 3 aromatic carbocycles. The van der Waals surface area contributed by atoms with Gasteiger partial charge in [-0.05, 0) is 80.4 Å². The van der Waals surface area contributed by atoms with E-state index in [2.05, 4.69) is 10.3 Å². The van der Waals surface area contributed by atoms with E-state index in [4.69, 9.17) is 4.42 Å². The Morgan fingerprint density at radius 2 is 1.45 bits per heavy atom. The Balaban J connectivity index is 1.85. The third kappa shape index (κ3) is 4.36. The summed E-state index contributed by atoms with van der Waals surface area (Å²) in [5.41, 5.74) is 4.42. The summed E-state index contributed by atoms with van der Waals surface area (Å²) in [5, 5.41) is 2.80. The van der Waals surface area contributed by atoms with Gasteiger partial charge in [0.1, 0.15) is 5.82 Å². The third-order valence-electron chi connectivity index (χ3n) is 4.75. The van der Waals surface area contributed by atoms with Crippen molar-refractivity contribution in [2.45, 2.75) is 30.7 Å². The van der Waals surface area contributed by atoms with Gasteiger partial charge in [0.15, 0.2) is 0 Å². The standard InChI is InChI=1S/C24H21FN2O3S/c1-15-4-6-18(7-5-15)22-27-24(31(28,29)21-10-8-19(25)9-11-21)23(30-22)26-20-13-16(2)12-17(3)14-20/h4-14,26H,1-3H3. The molecule has 0 aliphatic rings. The van der Waals surface area contributed by atoms with Crippen LogP contribution in [0, 0.1) is 26.6 Å². The molecule has 0 saturated heterocycles. The average molecular weight is 437 g/mol. The van der Waals surface area contributed by atoms with Crippen LogP contribution in [0.1, 0.15) is 16.7 Å². The van der Waals surface area contributed by atoms with Crippen LogP contribution in [0.2, 0.25) is 0 Å². The van der Waals surface area contributed by atoms with Crippen molar-refractivity contribution in [2.24, 2.45) is 0 Å². The van der Waals surface area contributed by atoms with Crippen molar-refractivity contribution >= 4 is 21.4 Å². The maximum absolute atomic E-state index is 13.3. The minimum absolute atomic E-state index is 0.00454. The topological polar surface area (TPSA) is 72.2 Å². The molecule has 0 fully saturated rings. The summed E-state index contributed by atoms with van der Waals surface area (Å²) in [6.07, 6.45) is 0. The van der Waals surface area contributed by atoms with Crippen molar-refractivity contribution in [3.05, 3.63) is 89.2 Å². The van der Waals surface area contributed by atoms with Crippen LogP contribution in [0.25, 0.3) is 11.5 Å². The fourth-order valence-electron chi connectivity index (χ4n) is 3.29. The van der Waals surface area contributed by atoms with Crippen LogP contribution < -0.4 is 5.32 Å². The Labute approximate surface area is 180 Å². The number of benzene rings is 3. The maximum Gasteiger partial charge on any atom is 0.238 e. The van der Waals surface area contributed by atoms with Crippen molar-refractivity contribution in [3.63, 3.8) is 0 Å². The molecule has 31 heavy (non-hydrogen) atoms. The zero-order chi connectivity index (χ0) is 22.2. The van der Waals surface area contributed by atoms with E-state index < -0.39 is 15.7 Å². The lowest BCUT2D eigenvalue weighted by atomic mass is 10.1. The number of aromatic nitrogens is 1. The Morgan fingerprint density at radius 3 is 2.06 bits per heavy atom. The molecule has 7 heteroatoms. The largest absolute Gasteiger partial charge is 0.419 e. The number of aryl methyl sites for hydroxylation is 3. The highest BCUT2D eigenvalue weighted by atomic mass is 32.2. The molecule has 0 amide bonds. The highest BCUT2D eigenvalue weighted by molar-refractivity contribution is 7.91. The number of sulfone groups is 1. The van der Waals surface area contributed by atoms with Crippen LogP contribution in [-0.2, 0) is 9.84 Å². The lowest BCUT2D eigenvalue weighted by Crippen LogP contribution is -2.05. The van der Waals surface area contributed by atoms with Gasteiger partial charge in [-0.2, -0.15) is 4.98 Å². The Morgan fingerprint density at radius 1 is 0.839 bits per heavy atom. The van der Waals surface area contributed by atoms with Crippen molar-refractivity contribution in [2.75, 3.05) is 5.32 Å². The highest BCUT2D eigenvalue weighted by Gasteiger charge is 2.29. The molecule has 0 aliphatic heterocycles. The zero-order valence-corrected chi connectivity index (χ0v) is 18.1. The number of nitrogens with zero attached hydrogens (tertiary/aromatic N) is 1. The van der Waals surface area contributed by atoms with Crippen LogP contribution in [0.5, 0.6) is 0 Å². The molecule has 158 valence electrons. The Hall–Kier alpha value is -3.45. The second-order valence-corrected chi connectivity index (χ2v) is 9.34. The minimum atomic E-state index is -4.06. The van der Waals surface area contributed by atoms with E-state index in [1.165, 1.54) is 12.1 Å². The summed E-state index contributed by atoms with van der Waals surface area (Å²) < 4.78 is 45.8. The molecular weight excluding hydrogens is 415 g/mol. The predicted octanol–water partition coefficient (Wildman–Crippen LogP) is 5.98. The van der Waals surface area contributed by atoms with E-state index in [9.17, 15) is 12.8 Å². The third-order valence-corrected chi connectivity index (χ3v) is 6.43. The lowest BCUT2D eigenvalue weighted by Gasteiger charge is -2.08. The van der Waals surface area contributed by atoms with Crippen LogP contribution in [0.3, 0.4) is 0 Å². The zero-order valence-electron chi connectivity index (χ0n) is 17.3. The van der Waals surface area contributed by atoms with Gasteiger partial charge in [0.2, 0.25) is 26.6 Å². The summed E-state index contributed by atoms with van der Waals surface area (Å²) in [7, 11) is -4.06. The Kier molecular flexibility index (Phi) is 5.37. The van der Waals surface area contributed by atoms with Crippen LogP contribution >= 0.6 is 0 Å². The summed E-state index contributed by atoms with van der Waals surface area (Å²) >= 11 is 0. The predicted molar refractivity (Wildman–Crippen MR) is 118 cm³/mol. The van der Waals surface area contributed by atoms with E-state index in [0.29, 0.717) is 11.3 Å². The molecule has 0 unspecified atom stereocenters. The van der Waals surface area contributed by atoms with Gasteiger partial charge in [-0.25, -0.2) is 12.8 Å². The second kappa shape index (κ2) is 8.00. The molecule has 0 saturated carbocycles. The normalized spacial score (nSPS) is 11.5. The number of rotatable bonds is 5. The minimum Gasteiger partial charge on any atom is -0.419 e. The maximum atomic E-state index is 13.3. The fraction of sp³-hybridized carbons (Fsp3) is 0.125. The molecular formula is C24H21FN2O3S. The van der Waals surface area contributed by atoms with Gasteiger partial charge >= 0.3 is 0 Å². The number of hydrogen-bond acceptors (Lipinski definition) is 5. The molecule has 0 atom stereocenters. The molecule has 0 radical (unpaired) electrons. The summed E-state index contributed by atoms with van der Waals surface area (Å²) in [6.45, 7) is 5.86. The van der Waals surface area contributed by atoms with Crippen molar-refractivity contribution < 1.29 is 17.2 Å². The molecule has 0 bridgehead atoms. The SMILES string of the molecule is Cc1ccc(-c2nc(S(=O)(=O)c3ccc(F)cc3)c(Nc3cc(C)cc(C)c3)o2)cc1. The van der Waals surface area contributed by atoms with E-state index in [1.54, 1.807) is 0 Å². The first-order chi connectivity index (χ1) is 14.7. The van der Waals surface area contributed by atoms with Gasteiger partial charge in [-0.15, -0.1) is 0 Å². The quantitative estimate of drug-likeness (QED) is 0.390. The first-order valence-electron chi connectivity index (χ1n) is 9.66. The van der Waals surface area contributed by atoms with Crippen LogP contribution in [0.15, 0.2) is 81.1 Å². The van der Waals surface area contributed by atoms with Gasteiger partial charge in [-0.1, -0.05) is 23.8 Å². The van der Waals surface area contributed by atoms with Crippen LogP contribution in [0.4, 0.5) is 16.0 Å². The molecule has 1 aromatic heterocycles.